The highest BCUT2D eigenvalue weighted by molar-refractivity contribution is 5.37. The van der Waals surface area contributed by atoms with Gasteiger partial charge in [0.1, 0.15) is 0 Å². The summed E-state index contributed by atoms with van der Waals surface area (Å²) in [7, 11) is 0. The Hall–Kier alpha value is -0.820. The molecule has 2 aliphatic rings. The fourth-order valence-electron chi connectivity index (χ4n) is 2.90. The highest BCUT2D eigenvalue weighted by atomic mass is 16.5. The van der Waals surface area contributed by atoms with E-state index in [2.05, 4.69) is 25.1 Å². The van der Waals surface area contributed by atoms with Gasteiger partial charge in [-0.25, -0.2) is 0 Å². The Morgan fingerprint density at radius 3 is 3.14 bits per heavy atom. The van der Waals surface area contributed by atoms with Gasteiger partial charge in [-0.05, 0) is 37.3 Å². The van der Waals surface area contributed by atoms with Gasteiger partial charge in [-0.2, -0.15) is 0 Å². The molecule has 0 aromatic heterocycles. The molecule has 1 aromatic rings. The highest BCUT2D eigenvalue weighted by Crippen LogP contribution is 2.39. The first-order valence-electron chi connectivity index (χ1n) is 5.55. The van der Waals surface area contributed by atoms with E-state index in [4.69, 9.17) is 4.74 Å². The topological polar surface area (TPSA) is 9.23 Å². The summed E-state index contributed by atoms with van der Waals surface area (Å²) >= 11 is 0. The SMILES string of the molecule is Cc1ccc2c(c1)CC[C@@H]1OCC[C@H]21. The quantitative estimate of drug-likeness (QED) is 0.608. The molecule has 0 bridgehead atoms. The van der Waals surface area contributed by atoms with Crippen molar-refractivity contribution in [2.75, 3.05) is 6.61 Å². The van der Waals surface area contributed by atoms with Crippen LogP contribution in [-0.2, 0) is 11.2 Å². The van der Waals surface area contributed by atoms with E-state index < -0.39 is 0 Å². The van der Waals surface area contributed by atoms with E-state index in [1.807, 2.05) is 0 Å². The molecular formula is C13H16O. The maximum Gasteiger partial charge on any atom is 0.0647 e. The summed E-state index contributed by atoms with van der Waals surface area (Å²) in [5, 5.41) is 0. The standard InChI is InChI=1S/C13H16O/c1-9-2-4-11-10(8-9)3-5-13-12(11)6-7-14-13/h2,4,8,12-13H,3,5-7H2,1H3/t12-,13+/m1/s1. The fourth-order valence-corrected chi connectivity index (χ4v) is 2.90. The highest BCUT2D eigenvalue weighted by Gasteiger charge is 2.33. The van der Waals surface area contributed by atoms with Crippen LogP contribution in [-0.4, -0.2) is 12.7 Å². The number of benzene rings is 1. The lowest BCUT2D eigenvalue weighted by Gasteiger charge is -2.27. The first-order chi connectivity index (χ1) is 6.84. The minimum atomic E-state index is 0.519. The third kappa shape index (κ3) is 1.19. The molecule has 3 rings (SSSR count). The van der Waals surface area contributed by atoms with Crippen LogP contribution in [0.15, 0.2) is 18.2 Å². The van der Waals surface area contributed by atoms with Gasteiger partial charge in [0.05, 0.1) is 6.10 Å². The van der Waals surface area contributed by atoms with E-state index in [0.717, 1.165) is 6.61 Å². The van der Waals surface area contributed by atoms with Crippen molar-refractivity contribution >= 4 is 0 Å². The zero-order chi connectivity index (χ0) is 9.54. The molecule has 1 heteroatoms. The molecule has 0 N–H and O–H groups in total. The summed E-state index contributed by atoms with van der Waals surface area (Å²) in [5.41, 5.74) is 4.52. The lowest BCUT2D eigenvalue weighted by Crippen LogP contribution is -2.21. The van der Waals surface area contributed by atoms with E-state index in [1.54, 1.807) is 11.1 Å². The number of ether oxygens (including phenoxy) is 1. The second kappa shape index (κ2) is 3.09. The van der Waals surface area contributed by atoms with Gasteiger partial charge in [-0.1, -0.05) is 23.8 Å². The van der Waals surface area contributed by atoms with Crippen molar-refractivity contribution in [2.45, 2.75) is 38.2 Å². The normalized spacial score (nSPS) is 29.8. The number of fused-ring (bicyclic) bond motifs is 3. The van der Waals surface area contributed by atoms with Gasteiger partial charge in [0.15, 0.2) is 0 Å². The van der Waals surface area contributed by atoms with Crippen LogP contribution in [0, 0.1) is 6.92 Å². The fraction of sp³-hybridized carbons (Fsp3) is 0.538. The molecule has 0 radical (unpaired) electrons. The Kier molecular flexibility index (Phi) is 1.88. The van der Waals surface area contributed by atoms with E-state index >= 15 is 0 Å². The first kappa shape index (κ1) is 8.49. The van der Waals surface area contributed by atoms with Gasteiger partial charge in [-0.3, -0.25) is 0 Å². The zero-order valence-electron chi connectivity index (χ0n) is 8.62. The average Bonchev–Trinajstić information content (AvgIpc) is 2.65. The molecule has 1 heterocycles. The van der Waals surface area contributed by atoms with Gasteiger partial charge in [0, 0.05) is 12.5 Å². The Bertz CT molecular complexity index is 356. The van der Waals surface area contributed by atoms with Crippen LogP contribution in [0.3, 0.4) is 0 Å². The molecular weight excluding hydrogens is 172 g/mol. The van der Waals surface area contributed by atoms with Crippen LogP contribution in [0.1, 0.15) is 35.4 Å². The molecule has 0 amide bonds. The molecule has 1 aliphatic carbocycles. The summed E-state index contributed by atoms with van der Waals surface area (Å²) in [6.45, 7) is 3.14. The third-order valence-electron chi connectivity index (χ3n) is 3.61. The van der Waals surface area contributed by atoms with Gasteiger partial charge in [0.25, 0.3) is 0 Å². The predicted molar refractivity (Wildman–Crippen MR) is 56.6 cm³/mol. The van der Waals surface area contributed by atoms with Crippen molar-refractivity contribution in [1.82, 2.24) is 0 Å². The lowest BCUT2D eigenvalue weighted by atomic mass is 9.80. The van der Waals surface area contributed by atoms with Crippen molar-refractivity contribution in [3.05, 3.63) is 34.9 Å². The van der Waals surface area contributed by atoms with Crippen molar-refractivity contribution in [1.29, 1.82) is 0 Å². The number of rotatable bonds is 0. The van der Waals surface area contributed by atoms with Crippen LogP contribution in [0.25, 0.3) is 0 Å². The van der Waals surface area contributed by atoms with Crippen LogP contribution in [0.2, 0.25) is 0 Å². The third-order valence-corrected chi connectivity index (χ3v) is 3.61. The second-order valence-corrected chi connectivity index (χ2v) is 4.55. The van der Waals surface area contributed by atoms with Gasteiger partial charge >= 0.3 is 0 Å². The maximum atomic E-state index is 5.74. The molecule has 2 atom stereocenters. The smallest absolute Gasteiger partial charge is 0.0647 e. The van der Waals surface area contributed by atoms with Crippen molar-refractivity contribution in [3.8, 4) is 0 Å². The van der Waals surface area contributed by atoms with Crippen molar-refractivity contribution in [2.24, 2.45) is 0 Å². The molecule has 1 fully saturated rings. The molecule has 0 spiro atoms. The second-order valence-electron chi connectivity index (χ2n) is 4.55. The first-order valence-corrected chi connectivity index (χ1v) is 5.55. The minimum Gasteiger partial charge on any atom is -0.378 e. The molecule has 1 aliphatic heterocycles. The Labute approximate surface area is 85.1 Å². The van der Waals surface area contributed by atoms with E-state index in [-0.39, 0.29) is 0 Å². The summed E-state index contributed by atoms with van der Waals surface area (Å²) in [5.74, 6) is 0.694. The average molecular weight is 188 g/mol. The molecule has 0 saturated carbocycles. The molecule has 14 heavy (non-hydrogen) atoms. The lowest BCUT2D eigenvalue weighted by molar-refractivity contribution is 0.0930. The predicted octanol–water partition coefficient (Wildman–Crippen LogP) is 2.81. The van der Waals surface area contributed by atoms with Crippen LogP contribution in [0.4, 0.5) is 0 Å². The number of aryl methyl sites for hydroxylation is 2. The molecule has 1 saturated heterocycles. The number of hydrogen-bond acceptors (Lipinski definition) is 1. The van der Waals surface area contributed by atoms with Gasteiger partial charge in [-0.15, -0.1) is 0 Å². The van der Waals surface area contributed by atoms with E-state index in [0.29, 0.717) is 12.0 Å². The molecule has 1 nitrogen and oxygen atoms in total. The van der Waals surface area contributed by atoms with Crippen LogP contribution in [0.5, 0.6) is 0 Å². The molecule has 0 unspecified atom stereocenters. The Balaban J connectivity index is 2.05. The van der Waals surface area contributed by atoms with Crippen LogP contribution >= 0.6 is 0 Å². The number of hydrogen-bond donors (Lipinski definition) is 0. The maximum absolute atomic E-state index is 5.74. The van der Waals surface area contributed by atoms with E-state index in [9.17, 15) is 0 Å². The van der Waals surface area contributed by atoms with Gasteiger partial charge < -0.3 is 4.74 Å². The van der Waals surface area contributed by atoms with Crippen molar-refractivity contribution in [3.63, 3.8) is 0 Å². The summed E-state index contributed by atoms with van der Waals surface area (Å²) in [6, 6.07) is 6.90. The largest absolute Gasteiger partial charge is 0.378 e. The minimum absolute atomic E-state index is 0.519. The Morgan fingerprint density at radius 2 is 2.21 bits per heavy atom. The summed E-state index contributed by atoms with van der Waals surface area (Å²) in [4.78, 5) is 0. The monoisotopic (exact) mass is 188 g/mol. The van der Waals surface area contributed by atoms with Crippen LogP contribution < -0.4 is 0 Å². The summed E-state index contributed by atoms with van der Waals surface area (Å²) < 4.78 is 5.74. The van der Waals surface area contributed by atoms with Crippen molar-refractivity contribution < 1.29 is 4.74 Å². The summed E-state index contributed by atoms with van der Waals surface area (Å²) in [6.07, 6.45) is 4.17. The zero-order valence-corrected chi connectivity index (χ0v) is 8.62. The molecule has 1 aromatic carbocycles. The van der Waals surface area contributed by atoms with Gasteiger partial charge in [0.2, 0.25) is 0 Å². The van der Waals surface area contributed by atoms with E-state index in [1.165, 1.54) is 24.8 Å². The Morgan fingerprint density at radius 1 is 1.29 bits per heavy atom. The molecule has 74 valence electrons.